The number of nitrogens with one attached hydrogen (secondary N) is 1. The van der Waals surface area contributed by atoms with Crippen molar-refractivity contribution in [1.82, 2.24) is 35.0 Å². The van der Waals surface area contributed by atoms with Crippen molar-refractivity contribution in [2.24, 2.45) is 5.41 Å². The fourth-order valence-corrected chi connectivity index (χ4v) is 4.44. The van der Waals surface area contributed by atoms with Crippen molar-refractivity contribution < 1.29 is 27.9 Å². The molecule has 0 unspecified atom stereocenters. The molecule has 2 fully saturated rings. The van der Waals surface area contributed by atoms with Gasteiger partial charge in [-0.3, -0.25) is 14.3 Å². The first-order chi connectivity index (χ1) is 16.3. The molecule has 13 heteroatoms. The maximum Gasteiger partial charge on any atom is 0.408 e. The van der Waals surface area contributed by atoms with Gasteiger partial charge in [-0.2, -0.15) is 18.3 Å². The van der Waals surface area contributed by atoms with E-state index in [0.717, 1.165) is 23.2 Å². The normalized spacial score (nSPS) is 21.9. The first-order valence-corrected chi connectivity index (χ1v) is 11.6. The summed E-state index contributed by atoms with van der Waals surface area (Å²) < 4.78 is 40.6. The maximum absolute atomic E-state index is 13.7. The Morgan fingerprint density at radius 1 is 1.26 bits per heavy atom. The van der Waals surface area contributed by atoms with Crippen molar-refractivity contribution in [3.8, 4) is 0 Å². The first kappa shape index (κ1) is 25.1. The Kier molecular flexibility index (Phi) is 6.64. The molecular formula is C22H30F3N7O3. The lowest BCUT2D eigenvalue weighted by Crippen LogP contribution is -2.50. The maximum atomic E-state index is 13.7. The number of aliphatic hydroxyl groups excluding tert-OH is 1. The minimum atomic E-state index is -4.45. The van der Waals surface area contributed by atoms with E-state index in [9.17, 15) is 27.9 Å². The van der Waals surface area contributed by atoms with E-state index in [1.807, 2.05) is 20.8 Å². The lowest BCUT2D eigenvalue weighted by Gasteiger charge is -2.34. The summed E-state index contributed by atoms with van der Waals surface area (Å²) in [6.45, 7) is 4.16. The van der Waals surface area contributed by atoms with Gasteiger partial charge in [0.2, 0.25) is 11.8 Å². The third-order valence-corrected chi connectivity index (χ3v) is 6.28. The van der Waals surface area contributed by atoms with E-state index in [1.54, 1.807) is 6.20 Å². The Labute approximate surface area is 200 Å². The molecule has 0 radical (unpaired) electrons. The largest absolute Gasteiger partial charge is 0.408 e. The van der Waals surface area contributed by atoms with Gasteiger partial charge in [0.25, 0.3) is 0 Å². The number of halogens is 3. The second kappa shape index (κ2) is 9.25. The van der Waals surface area contributed by atoms with Crippen molar-refractivity contribution in [2.75, 3.05) is 6.54 Å². The minimum absolute atomic E-state index is 0.0281. The Morgan fingerprint density at radius 2 is 1.97 bits per heavy atom. The van der Waals surface area contributed by atoms with Crippen LogP contribution < -0.4 is 5.32 Å². The predicted molar refractivity (Wildman–Crippen MR) is 117 cm³/mol. The van der Waals surface area contributed by atoms with Crippen molar-refractivity contribution in [3.63, 3.8) is 0 Å². The summed E-state index contributed by atoms with van der Waals surface area (Å²) >= 11 is 0. The number of β-amino-alcohol motifs (C(OH)–C–C–N with tert-alkyl or cyclic N) is 1. The van der Waals surface area contributed by atoms with Gasteiger partial charge < -0.3 is 15.3 Å². The number of carbonyl (C=O) groups excluding carboxylic acids is 2. The number of aromatic nitrogens is 5. The van der Waals surface area contributed by atoms with Crippen LogP contribution in [0, 0.1) is 5.41 Å². The first-order valence-electron chi connectivity index (χ1n) is 11.6. The second-order valence-corrected chi connectivity index (χ2v) is 10.4. The SMILES string of the molecule is CC(C)(C)[C@@H](C(=O)N1C[C@H](O)C[C@H]1C(=O)NCc1ccnn1CC(F)(F)F)n1cc(C2CC2)nn1. The summed E-state index contributed by atoms with van der Waals surface area (Å²) in [5.74, 6) is -0.569. The van der Waals surface area contributed by atoms with Crippen LogP contribution in [0.2, 0.25) is 0 Å². The molecule has 35 heavy (non-hydrogen) atoms. The van der Waals surface area contributed by atoms with Gasteiger partial charge in [-0.25, -0.2) is 4.68 Å². The predicted octanol–water partition coefficient (Wildman–Crippen LogP) is 1.78. The molecule has 1 saturated heterocycles. The zero-order chi connectivity index (χ0) is 25.5. The number of hydrogen-bond acceptors (Lipinski definition) is 6. The summed E-state index contributed by atoms with van der Waals surface area (Å²) in [5, 5.41) is 24.9. The Hall–Kier alpha value is -2.96. The minimum Gasteiger partial charge on any atom is -0.391 e. The molecule has 2 aliphatic rings. The number of aliphatic hydroxyl groups is 1. The van der Waals surface area contributed by atoms with Crippen molar-refractivity contribution in [1.29, 1.82) is 0 Å². The zero-order valence-electron chi connectivity index (χ0n) is 19.9. The molecule has 2 aromatic heterocycles. The fourth-order valence-electron chi connectivity index (χ4n) is 4.44. The molecule has 0 aromatic carbocycles. The van der Waals surface area contributed by atoms with Crippen LogP contribution in [0.15, 0.2) is 18.5 Å². The number of nitrogens with zero attached hydrogens (tertiary/aromatic N) is 6. The van der Waals surface area contributed by atoms with Gasteiger partial charge in [-0.15, -0.1) is 5.10 Å². The standard InChI is InChI=1S/C22H30F3N7O3/c1-21(2,3)18(31-11-16(28-29-31)13-4-5-13)20(35)30-10-15(33)8-17(30)19(34)26-9-14-6-7-27-32(14)12-22(23,24)25/h6-7,11,13,15,17-18,33H,4-5,8-10,12H2,1-3H3,(H,26,34)/t15-,17+,18-/m1/s1. The summed E-state index contributed by atoms with van der Waals surface area (Å²) in [7, 11) is 0. The van der Waals surface area contributed by atoms with Gasteiger partial charge in [-0.1, -0.05) is 26.0 Å². The smallest absolute Gasteiger partial charge is 0.391 e. The van der Waals surface area contributed by atoms with E-state index < -0.39 is 42.2 Å². The van der Waals surface area contributed by atoms with E-state index in [2.05, 4.69) is 20.7 Å². The number of carbonyl (C=O) groups is 2. The van der Waals surface area contributed by atoms with Crippen LogP contribution >= 0.6 is 0 Å². The number of rotatable bonds is 7. The van der Waals surface area contributed by atoms with E-state index in [0.29, 0.717) is 5.92 Å². The van der Waals surface area contributed by atoms with Crippen LogP contribution in [-0.2, 0) is 22.7 Å². The topological polar surface area (TPSA) is 118 Å². The lowest BCUT2D eigenvalue weighted by molar-refractivity contribution is -0.144. The molecule has 0 bridgehead atoms. The highest BCUT2D eigenvalue weighted by Crippen LogP contribution is 2.40. The van der Waals surface area contributed by atoms with E-state index in [-0.39, 0.29) is 31.1 Å². The Bertz CT molecular complexity index is 1070. The molecule has 1 saturated carbocycles. The van der Waals surface area contributed by atoms with Gasteiger partial charge in [-0.05, 0) is 24.3 Å². The molecule has 1 aliphatic heterocycles. The Balaban J connectivity index is 1.49. The molecule has 1 aliphatic carbocycles. The van der Waals surface area contributed by atoms with Crippen LogP contribution in [0.3, 0.4) is 0 Å². The quantitative estimate of drug-likeness (QED) is 0.602. The monoisotopic (exact) mass is 497 g/mol. The summed E-state index contributed by atoms with van der Waals surface area (Å²) in [6.07, 6.45) is -0.250. The second-order valence-electron chi connectivity index (χ2n) is 10.4. The molecule has 2 aromatic rings. The highest BCUT2D eigenvalue weighted by atomic mass is 19.4. The molecule has 3 heterocycles. The van der Waals surface area contributed by atoms with Crippen molar-refractivity contribution in [3.05, 3.63) is 29.8 Å². The summed E-state index contributed by atoms with van der Waals surface area (Å²) in [4.78, 5) is 28.0. The van der Waals surface area contributed by atoms with E-state index in [4.69, 9.17) is 0 Å². The van der Waals surface area contributed by atoms with Crippen LogP contribution in [0.4, 0.5) is 13.2 Å². The van der Waals surface area contributed by atoms with E-state index in [1.165, 1.54) is 21.8 Å². The summed E-state index contributed by atoms with van der Waals surface area (Å²) in [6, 6.07) is -0.333. The highest BCUT2D eigenvalue weighted by Gasteiger charge is 2.45. The molecule has 192 valence electrons. The van der Waals surface area contributed by atoms with Crippen molar-refractivity contribution in [2.45, 2.75) is 83.4 Å². The number of hydrogen-bond donors (Lipinski definition) is 2. The van der Waals surface area contributed by atoms with Gasteiger partial charge in [0.1, 0.15) is 18.6 Å². The molecular weight excluding hydrogens is 467 g/mol. The zero-order valence-corrected chi connectivity index (χ0v) is 19.9. The van der Waals surface area contributed by atoms with Crippen LogP contribution in [0.5, 0.6) is 0 Å². The summed E-state index contributed by atoms with van der Waals surface area (Å²) in [5.41, 5.74) is 0.442. The van der Waals surface area contributed by atoms with Crippen LogP contribution in [-0.4, -0.2) is 71.5 Å². The van der Waals surface area contributed by atoms with E-state index >= 15 is 0 Å². The average molecular weight is 498 g/mol. The van der Waals surface area contributed by atoms with Crippen LogP contribution in [0.25, 0.3) is 0 Å². The van der Waals surface area contributed by atoms with Gasteiger partial charge in [0, 0.05) is 31.3 Å². The molecule has 2 N–H and O–H groups in total. The molecule has 4 rings (SSSR count). The highest BCUT2D eigenvalue weighted by molar-refractivity contribution is 5.90. The average Bonchev–Trinajstić information content (AvgIpc) is 3.12. The van der Waals surface area contributed by atoms with Crippen LogP contribution in [0.1, 0.15) is 63.4 Å². The van der Waals surface area contributed by atoms with Gasteiger partial charge >= 0.3 is 6.18 Å². The third kappa shape index (κ3) is 5.82. The molecule has 3 atom stereocenters. The third-order valence-electron chi connectivity index (χ3n) is 6.28. The van der Waals surface area contributed by atoms with Gasteiger partial charge in [0.15, 0.2) is 0 Å². The molecule has 0 spiro atoms. The number of likely N-dealkylation sites (tertiary alicyclic amines) is 1. The molecule has 2 amide bonds. The fraction of sp³-hybridized carbons (Fsp3) is 0.682. The van der Waals surface area contributed by atoms with Gasteiger partial charge in [0.05, 0.1) is 24.0 Å². The number of amides is 2. The molecule has 10 nitrogen and oxygen atoms in total. The Morgan fingerprint density at radius 3 is 2.60 bits per heavy atom. The number of alkyl halides is 3. The lowest BCUT2D eigenvalue weighted by atomic mass is 9.85. The van der Waals surface area contributed by atoms with Crippen molar-refractivity contribution >= 4 is 11.8 Å².